The molecule has 0 heterocycles. The van der Waals surface area contributed by atoms with E-state index in [0.29, 0.717) is 0 Å². The number of carbonyl (C=O) groups is 1. The van der Waals surface area contributed by atoms with Crippen LogP contribution < -0.4 is 5.73 Å². The Morgan fingerprint density at radius 3 is 2.46 bits per heavy atom. The van der Waals surface area contributed by atoms with E-state index in [1.165, 1.54) is 0 Å². The number of rotatable bonds is 3. The highest BCUT2D eigenvalue weighted by Gasteiger charge is 2.25. The van der Waals surface area contributed by atoms with Crippen molar-refractivity contribution in [3.05, 3.63) is 0 Å². The van der Waals surface area contributed by atoms with Crippen LogP contribution in [-0.2, 0) is 9.53 Å². The van der Waals surface area contributed by atoms with Crippen LogP contribution in [0.15, 0.2) is 4.99 Å². The highest BCUT2D eigenvalue weighted by Crippen LogP contribution is 2.25. The van der Waals surface area contributed by atoms with Crippen molar-refractivity contribution >= 4 is 46.6 Å². The molecule has 0 spiro atoms. The molecule has 0 aromatic heterocycles. The molecule has 0 atom stereocenters. The Morgan fingerprint density at radius 1 is 1.54 bits per heavy atom. The van der Waals surface area contributed by atoms with E-state index in [-0.39, 0.29) is 19.0 Å². The standard InChI is InChI=1S/C6H9Cl3N2O2/c1-2-13-4(12)3-11-5(10)6(7,8)9/h2-3H2,1H3,(H2,10,11). The van der Waals surface area contributed by atoms with Crippen molar-refractivity contribution < 1.29 is 9.53 Å². The van der Waals surface area contributed by atoms with E-state index in [1.54, 1.807) is 6.92 Å². The summed E-state index contributed by atoms with van der Waals surface area (Å²) in [5, 5.41) is 0. The molecule has 0 saturated heterocycles. The average molecular weight is 248 g/mol. The van der Waals surface area contributed by atoms with Crippen molar-refractivity contribution in [2.24, 2.45) is 10.7 Å². The highest BCUT2D eigenvalue weighted by molar-refractivity contribution is 6.76. The Bertz CT molecular complexity index is 212. The lowest BCUT2D eigenvalue weighted by molar-refractivity contribution is -0.141. The summed E-state index contributed by atoms with van der Waals surface area (Å²) in [5.41, 5.74) is 5.24. The van der Waals surface area contributed by atoms with Gasteiger partial charge in [-0.05, 0) is 6.92 Å². The molecule has 0 unspecified atom stereocenters. The summed E-state index contributed by atoms with van der Waals surface area (Å²) in [6.45, 7) is 1.72. The van der Waals surface area contributed by atoms with Crippen molar-refractivity contribution in [2.45, 2.75) is 10.7 Å². The van der Waals surface area contributed by atoms with Gasteiger partial charge in [-0.1, -0.05) is 34.8 Å². The molecular formula is C6H9Cl3N2O2. The van der Waals surface area contributed by atoms with Gasteiger partial charge in [-0.15, -0.1) is 0 Å². The molecule has 0 saturated carbocycles. The topological polar surface area (TPSA) is 64.7 Å². The molecule has 7 heteroatoms. The summed E-state index contributed by atoms with van der Waals surface area (Å²) in [6.07, 6.45) is 0. The van der Waals surface area contributed by atoms with Gasteiger partial charge in [-0.2, -0.15) is 0 Å². The molecule has 76 valence electrons. The Kier molecular flexibility index (Phi) is 5.44. The number of hydrogen-bond donors (Lipinski definition) is 1. The van der Waals surface area contributed by atoms with Gasteiger partial charge in [0, 0.05) is 0 Å². The van der Waals surface area contributed by atoms with Crippen molar-refractivity contribution in [1.82, 2.24) is 0 Å². The predicted octanol–water partition coefficient (Wildman–Crippen LogP) is 1.28. The van der Waals surface area contributed by atoms with Gasteiger partial charge in [0.1, 0.15) is 12.4 Å². The third kappa shape index (κ3) is 5.96. The number of esters is 1. The van der Waals surface area contributed by atoms with Crippen LogP contribution in [0, 0.1) is 0 Å². The number of halogens is 3. The van der Waals surface area contributed by atoms with Crippen LogP contribution in [0.1, 0.15) is 6.92 Å². The summed E-state index contributed by atoms with van der Waals surface area (Å²) in [4.78, 5) is 14.3. The van der Waals surface area contributed by atoms with Gasteiger partial charge in [-0.25, -0.2) is 0 Å². The van der Waals surface area contributed by atoms with Gasteiger partial charge >= 0.3 is 5.97 Å². The maximum absolute atomic E-state index is 10.8. The average Bonchev–Trinajstić information content (AvgIpc) is 1.99. The normalized spacial score (nSPS) is 12.8. The zero-order valence-corrected chi connectivity index (χ0v) is 9.16. The molecule has 0 bridgehead atoms. The minimum absolute atomic E-state index is 0.231. The van der Waals surface area contributed by atoms with Crippen LogP contribution in [0.4, 0.5) is 0 Å². The first-order chi connectivity index (χ1) is 5.88. The minimum atomic E-state index is -1.77. The third-order valence-electron chi connectivity index (χ3n) is 0.974. The number of alkyl halides is 3. The first-order valence-corrected chi connectivity index (χ1v) is 4.54. The Hall–Kier alpha value is -0.190. The Balaban J connectivity index is 4.05. The van der Waals surface area contributed by atoms with Crippen molar-refractivity contribution in [1.29, 1.82) is 0 Å². The van der Waals surface area contributed by atoms with E-state index >= 15 is 0 Å². The lowest BCUT2D eigenvalue weighted by Crippen LogP contribution is -2.29. The van der Waals surface area contributed by atoms with E-state index in [9.17, 15) is 4.79 Å². The van der Waals surface area contributed by atoms with Gasteiger partial charge in [-0.3, -0.25) is 9.79 Å². The summed E-state index contributed by atoms with van der Waals surface area (Å²) in [6, 6.07) is 0. The number of carbonyl (C=O) groups excluding carboxylic acids is 1. The smallest absolute Gasteiger partial charge is 0.327 e. The monoisotopic (exact) mass is 246 g/mol. The van der Waals surface area contributed by atoms with Crippen LogP contribution in [0.5, 0.6) is 0 Å². The van der Waals surface area contributed by atoms with Crippen molar-refractivity contribution in [2.75, 3.05) is 13.2 Å². The number of aliphatic imine (C=N–C) groups is 1. The van der Waals surface area contributed by atoms with Crippen LogP contribution in [-0.4, -0.2) is 28.7 Å². The van der Waals surface area contributed by atoms with E-state index in [4.69, 9.17) is 40.5 Å². The number of hydrogen-bond acceptors (Lipinski definition) is 3. The molecule has 13 heavy (non-hydrogen) atoms. The number of amidine groups is 1. The molecule has 0 rings (SSSR count). The van der Waals surface area contributed by atoms with E-state index in [1.807, 2.05) is 0 Å². The van der Waals surface area contributed by atoms with Gasteiger partial charge in [0.25, 0.3) is 0 Å². The fourth-order valence-corrected chi connectivity index (χ4v) is 0.625. The Morgan fingerprint density at radius 2 is 2.08 bits per heavy atom. The molecule has 2 N–H and O–H groups in total. The second-order valence-electron chi connectivity index (χ2n) is 2.00. The van der Waals surface area contributed by atoms with E-state index in [2.05, 4.69) is 9.73 Å². The number of nitrogens with two attached hydrogens (primary N) is 1. The molecule has 0 aromatic carbocycles. The SMILES string of the molecule is CCOC(=O)CN=C(N)C(Cl)(Cl)Cl. The van der Waals surface area contributed by atoms with Crippen molar-refractivity contribution in [3.8, 4) is 0 Å². The fourth-order valence-electron chi connectivity index (χ4n) is 0.446. The molecule has 4 nitrogen and oxygen atoms in total. The van der Waals surface area contributed by atoms with Crippen LogP contribution >= 0.6 is 34.8 Å². The summed E-state index contributed by atoms with van der Waals surface area (Å²) < 4.78 is 2.80. The summed E-state index contributed by atoms with van der Waals surface area (Å²) in [7, 11) is 0. The van der Waals surface area contributed by atoms with Gasteiger partial charge in [0.05, 0.1) is 6.61 Å². The first kappa shape index (κ1) is 12.8. The first-order valence-electron chi connectivity index (χ1n) is 3.40. The molecule has 0 aliphatic heterocycles. The molecule has 0 amide bonds. The maximum Gasteiger partial charge on any atom is 0.327 e. The van der Waals surface area contributed by atoms with E-state index in [0.717, 1.165) is 0 Å². The number of nitrogens with zero attached hydrogens (tertiary/aromatic N) is 1. The van der Waals surface area contributed by atoms with Crippen molar-refractivity contribution in [3.63, 3.8) is 0 Å². The van der Waals surface area contributed by atoms with Gasteiger partial charge in [0.15, 0.2) is 0 Å². The van der Waals surface area contributed by atoms with Crippen LogP contribution in [0.3, 0.4) is 0 Å². The quantitative estimate of drug-likeness (QED) is 0.354. The minimum Gasteiger partial charge on any atom is -0.465 e. The zero-order valence-electron chi connectivity index (χ0n) is 6.89. The molecule has 0 fully saturated rings. The van der Waals surface area contributed by atoms with Gasteiger partial charge in [0.2, 0.25) is 3.79 Å². The second kappa shape index (κ2) is 5.52. The lowest BCUT2D eigenvalue weighted by atomic mass is 10.6. The lowest BCUT2D eigenvalue weighted by Gasteiger charge is -2.08. The van der Waals surface area contributed by atoms with Crippen LogP contribution in [0.2, 0.25) is 0 Å². The summed E-state index contributed by atoms with van der Waals surface area (Å²) >= 11 is 16.1. The largest absolute Gasteiger partial charge is 0.465 e. The van der Waals surface area contributed by atoms with E-state index < -0.39 is 9.76 Å². The van der Waals surface area contributed by atoms with Gasteiger partial charge < -0.3 is 10.5 Å². The maximum atomic E-state index is 10.8. The zero-order chi connectivity index (χ0) is 10.5. The molecule has 0 aliphatic carbocycles. The molecule has 0 aromatic rings. The Labute approximate surface area is 91.0 Å². The van der Waals surface area contributed by atoms with Crippen LogP contribution in [0.25, 0.3) is 0 Å². The third-order valence-corrected chi connectivity index (χ3v) is 1.56. The summed E-state index contributed by atoms with van der Waals surface area (Å²) in [5.74, 6) is -0.745. The molecular weight excluding hydrogens is 238 g/mol. The fraction of sp³-hybridized carbons (Fsp3) is 0.667. The highest BCUT2D eigenvalue weighted by atomic mass is 35.6. The molecule has 0 radical (unpaired) electrons. The predicted molar refractivity (Wildman–Crippen MR) is 53.4 cm³/mol. The number of ether oxygens (including phenoxy) is 1. The second-order valence-corrected chi connectivity index (χ2v) is 4.29. The molecule has 0 aliphatic rings.